The van der Waals surface area contributed by atoms with Gasteiger partial charge in [-0.25, -0.2) is 4.98 Å². The van der Waals surface area contributed by atoms with E-state index in [0.29, 0.717) is 11.7 Å². The summed E-state index contributed by atoms with van der Waals surface area (Å²) in [7, 11) is 0. The maximum atomic E-state index is 12.3. The lowest BCUT2D eigenvalue weighted by Crippen LogP contribution is -2.14. The third-order valence-corrected chi connectivity index (χ3v) is 3.89. The minimum atomic E-state index is -0.169. The van der Waals surface area contributed by atoms with Crippen LogP contribution in [0, 0.1) is 6.92 Å². The maximum absolute atomic E-state index is 12.3. The monoisotopic (exact) mass is 322 g/mol. The van der Waals surface area contributed by atoms with Crippen LogP contribution in [0.25, 0.3) is 10.8 Å². The fourth-order valence-electron chi connectivity index (χ4n) is 2.53. The molecule has 3 aromatic rings. The van der Waals surface area contributed by atoms with Crippen molar-refractivity contribution in [3.63, 3.8) is 0 Å². The predicted octanol–water partition coefficient (Wildman–Crippen LogP) is 4.61. The molecule has 124 valence electrons. The molecule has 2 aromatic carbocycles. The molecule has 0 aliphatic heterocycles. The van der Waals surface area contributed by atoms with Gasteiger partial charge in [0.2, 0.25) is 5.91 Å². The van der Waals surface area contributed by atoms with E-state index in [0.717, 1.165) is 22.2 Å². The first-order valence-corrected chi connectivity index (χ1v) is 8.08. The van der Waals surface area contributed by atoms with Crippen LogP contribution in [0.1, 0.15) is 38.1 Å². The minimum absolute atomic E-state index is 0.106. The van der Waals surface area contributed by atoms with E-state index in [1.165, 1.54) is 0 Å². The van der Waals surface area contributed by atoms with Gasteiger partial charge in [0.1, 0.15) is 5.76 Å². The van der Waals surface area contributed by atoms with Crippen molar-refractivity contribution in [3.8, 4) is 0 Å². The molecule has 1 N–H and O–H groups in total. The fourth-order valence-corrected chi connectivity index (χ4v) is 2.53. The largest absolute Gasteiger partial charge is 0.444 e. The van der Waals surface area contributed by atoms with Crippen LogP contribution in [0.15, 0.2) is 46.9 Å². The van der Waals surface area contributed by atoms with Gasteiger partial charge in [-0.1, -0.05) is 51.1 Å². The number of carbonyl (C=O) groups excluding carboxylic acids is 1. The van der Waals surface area contributed by atoms with Crippen molar-refractivity contribution in [2.45, 2.75) is 39.5 Å². The summed E-state index contributed by atoms with van der Waals surface area (Å²) in [6, 6.07) is 13.9. The predicted molar refractivity (Wildman–Crippen MR) is 96.2 cm³/mol. The third-order valence-electron chi connectivity index (χ3n) is 3.89. The first kappa shape index (κ1) is 16.2. The van der Waals surface area contributed by atoms with E-state index < -0.39 is 0 Å². The lowest BCUT2D eigenvalue weighted by molar-refractivity contribution is -0.115. The minimum Gasteiger partial charge on any atom is -0.444 e. The quantitative estimate of drug-likeness (QED) is 0.766. The average Bonchev–Trinajstić information content (AvgIpc) is 2.88. The number of benzene rings is 2. The van der Waals surface area contributed by atoms with E-state index in [1.54, 1.807) is 0 Å². The van der Waals surface area contributed by atoms with Gasteiger partial charge in [-0.3, -0.25) is 4.79 Å². The maximum Gasteiger partial charge on any atom is 0.232 e. The Hall–Kier alpha value is -2.62. The van der Waals surface area contributed by atoms with Crippen LogP contribution in [-0.4, -0.2) is 10.9 Å². The number of carbonyl (C=O) groups is 1. The molecule has 0 saturated heterocycles. The second kappa shape index (κ2) is 6.11. The zero-order valence-electron chi connectivity index (χ0n) is 14.5. The van der Waals surface area contributed by atoms with E-state index in [9.17, 15) is 4.79 Å². The number of aromatic nitrogens is 1. The Morgan fingerprint density at radius 3 is 2.50 bits per heavy atom. The molecule has 1 aromatic heterocycles. The SMILES string of the molecule is Cc1nc(C(C)(C)C)oc1CC(=O)Nc1ccc2ccccc2c1. The van der Waals surface area contributed by atoms with Crippen molar-refractivity contribution in [2.24, 2.45) is 0 Å². The van der Waals surface area contributed by atoms with Crippen molar-refractivity contribution in [2.75, 3.05) is 5.32 Å². The molecule has 0 spiro atoms. The molecule has 0 atom stereocenters. The number of fused-ring (bicyclic) bond motifs is 1. The van der Waals surface area contributed by atoms with Crippen LogP contribution in [-0.2, 0) is 16.6 Å². The lowest BCUT2D eigenvalue weighted by atomic mass is 9.97. The molecule has 1 heterocycles. The summed E-state index contributed by atoms with van der Waals surface area (Å²) < 4.78 is 5.79. The summed E-state index contributed by atoms with van der Waals surface area (Å²) in [5.41, 5.74) is 1.39. The molecule has 0 unspecified atom stereocenters. The number of oxazole rings is 1. The smallest absolute Gasteiger partial charge is 0.232 e. The third kappa shape index (κ3) is 3.48. The van der Waals surface area contributed by atoms with Gasteiger partial charge in [0.05, 0.1) is 12.1 Å². The molecular weight excluding hydrogens is 300 g/mol. The molecule has 4 heteroatoms. The second-order valence-corrected chi connectivity index (χ2v) is 7.06. The Balaban J connectivity index is 1.74. The standard InChI is InChI=1S/C20H22N2O2/c1-13-17(24-19(21-13)20(2,3)4)12-18(23)22-16-10-9-14-7-5-6-8-15(14)11-16/h5-11H,12H2,1-4H3,(H,22,23). The van der Waals surface area contributed by atoms with Gasteiger partial charge in [0.15, 0.2) is 5.89 Å². The zero-order valence-corrected chi connectivity index (χ0v) is 14.5. The number of rotatable bonds is 3. The Morgan fingerprint density at radius 1 is 1.12 bits per heavy atom. The number of amides is 1. The highest BCUT2D eigenvalue weighted by atomic mass is 16.4. The molecule has 0 aliphatic rings. The van der Waals surface area contributed by atoms with Crippen LogP contribution in [0.5, 0.6) is 0 Å². The summed E-state index contributed by atoms with van der Waals surface area (Å²) in [5, 5.41) is 5.18. The Bertz CT molecular complexity index is 888. The van der Waals surface area contributed by atoms with Crippen LogP contribution in [0.2, 0.25) is 0 Å². The molecule has 24 heavy (non-hydrogen) atoms. The van der Waals surface area contributed by atoms with Gasteiger partial charge >= 0.3 is 0 Å². The number of nitrogens with one attached hydrogen (secondary N) is 1. The number of aryl methyl sites for hydroxylation is 1. The lowest BCUT2D eigenvalue weighted by Gasteiger charge is -2.12. The van der Waals surface area contributed by atoms with E-state index in [1.807, 2.05) is 70.2 Å². The Labute approximate surface area is 141 Å². The van der Waals surface area contributed by atoms with E-state index in [2.05, 4.69) is 10.3 Å². The second-order valence-electron chi connectivity index (χ2n) is 7.06. The van der Waals surface area contributed by atoms with Crippen LogP contribution < -0.4 is 5.32 Å². The van der Waals surface area contributed by atoms with Crippen molar-refractivity contribution in [3.05, 3.63) is 59.8 Å². The summed E-state index contributed by atoms with van der Waals surface area (Å²) in [6.07, 6.45) is 0.182. The fraction of sp³-hybridized carbons (Fsp3) is 0.300. The van der Waals surface area contributed by atoms with Crippen molar-refractivity contribution in [1.29, 1.82) is 0 Å². The van der Waals surface area contributed by atoms with E-state index >= 15 is 0 Å². The van der Waals surface area contributed by atoms with Crippen molar-refractivity contribution < 1.29 is 9.21 Å². The topological polar surface area (TPSA) is 55.1 Å². The Morgan fingerprint density at radius 2 is 1.83 bits per heavy atom. The van der Waals surface area contributed by atoms with Gasteiger partial charge < -0.3 is 9.73 Å². The summed E-state index contributed by atoms with van der Waals surface area (Å²) >= 11 is 0. The van der Waals surface area contributed by atoms with Crippen LogP contribution in [0.3, 0.4) is 0 Å². The molecule has 0 radical (unpaired) electrons. The molecule has 0 bridgehead atoms. The number of hydrogen-bond donors (Lipinski definition) is 1. The van der Waals surface area contributed by atoms with Gasteiger partial charge in [-0.05, 0) is 29.8 Å². The van der Waals surface area contributed by atoms with Crippen LogP contribution in [0.4, 0.5) is 5.69 Å². The molecule has 3 rings (SSSR count). The van der Waals surface area contributed by atoms with Crippen molar-refractivity contribution >= 4 is 22.4 Å². The average molecular weight is 322 g/mol. The number of anilines is 1. The van der Waals surface area contributed by atoms with Gasteiger partial charge in [-0.15, -0.1) is 0 Å². The molecule has 0 fully saturated rings. The highest BCUT2D eigenvalue weighted by Crippen LogP contribution is 2.24. The van der Waals surface area contributed by atoms with Gasteiger partial charge in [0.25, 0.3) is 0 Å². The molecule has 0 aliphatic carbocycles. The first-order chi connectivity index (χ1) is 11.3. The summed E-state index contributed by atoms with van der Waals surface area (Å²) in [4.78, 5) is 16.8. The molecular formula is C20H22N2O2. The van der Waals surface area contributed by atoms with Crippen molar-refractivity contribution in [1.82, 2.24) is 4.98 Å². The van der Waals surface area contributed by atoms with E-state index in [4.69, 9.17) is 4.42 Å². The summed E-state index contributed by atoms with van der Waals surface area (Å²) in [6.45, 7) is 7.99. The normalized spacial score (nSPS) is 11.7. The zero-order chi connectivity index (χ0) is 17.3. The highest BCUT2D eigenvalue weighted by Gasteiger charge is 2.23. The van der Waals surface area contributed by atoms with Gasteiger partial charge in [-0.2, -0.15) is 0 Å². The molecule has 4 nitrogen and oxygen atoms in total. The number of hydrogen-bond acceptors (Lipinski definition) is 3. The molecule has 1 amide bonds. The van der Waals surface area contributed by atoms with Gasteiger partial charge in [0, 0.05) is 11.1 Å². The van der Waals surface area contributed by atoms with E-state index in [-0.39, 0.29) is 17.7 Å². The first-order valence-electron chi connectivity index (χ1n) is 8.08. The Kier molecular flexibility index (Phi) is 4.14. The van der Waals surface area contributed by atoms with Crippen LogP contribution >= 0.6 is 0 Å². The highest BCUT2D eigenvalue weighted by molar-refractivity contribution is 5.95. The number of nitrogens with zero attached hydrogens (tertiary/aromatic N) is 1. The molecule has 0 saturated carbocycles. The summed E-state index contributed by atoms with van der Waals surface area (Å²) in [5.74, 6) is 1.18.